The first-order valence-electron chi connectivity index (χ1n) is 6.84. The third kappa shape index (κ3) is 5.67. The van der Waals surface area contributed by atoms with Gasteiger partial charge in [-0.3, -0.25) is 10.1 Å². The lowest BCUT2D eigenvalue weighted by Crippen LogP contribution is -2.27. The molecule has 0 bridgehead atoms. The second-order valence-corrected chi connectivity index (χ2v) is 5.86. The van der Waals surface area contributed by atoms with Gasteiger partial charge in [0.25, 0.3) is 0 Å². The second kappa shape index (κ2) is 7.19. The molecular weight excluding hydrogens is 306 g/mol. The fourth-order valence-electron chi connectivity index (χ4n) is 1.77. The van der Waals surface area contributed by atoms with Crippen LogP contribution in [0.4, 0.5) is 10.5 Å². The zero-order valence-corrected chi connectivity index (χ0v) is 13.4. The summed E-state index contributed by atoms with van der Waals surface area (Å²) in [5.41, 5.74) is -0.615. The Bertz CT molecular complexity index is 592. The van der Waals surface area contributed by atoms with Gasteiger partial charge in [-0.25, -0.2) is 4.79 Å². The standard InChI is InChI=1S/C15H21NO7/c1-15(2,3)23-14(21)16-9-5-8(10(17)7-12(18)19)6-11(22-4)13(9)20/h5-6,10,17,20H,7H2,1-4H3,(H,16,21)(H,18,19)/t10-/m0/s1. The maximum absolute atomic E-state index is 11.8. The Morgan fingerprint density at radius 2 is 1.91 bits per heavy atom. The summed E-state index contributed by atoms with van der Waals surface area (Å²) in [4.78, 5) is 22.5. The number of benzene rings is 1. The van der Waals surface area contributed by atoms with Gasteiger partial charge in [-0.05, 0) is 38.5 Å². The Kier molecular flexibility index (Phi) is 5.80. The largest absolute Gasteiger partial charge is 0.503 e. The third-order valence-electron chi connectivity index (χ3n) is 2.71. The van der Waals surface area contributed by atoms with E-state index < -0.39 is 30.2 Å². The molecule has 8 nitrogen and oxygen atoms in total. The fourth-order valence-corrected chi connectivity index (χ4v) is 1.77. The van der Waals surface area contributed by atoms with Gasteiger partial charge in [-0.15, -0.1) is 0 Å². The maximum Gasteiger partial charge on any atom is 0.412 e. The molecule has 0 unspecified atom stereocenters. The highest BCUT2D eigenvalue weighted by Crippen LogP contribution is 2.38. The number of carboxylic acids is 1. The number of amides is 1. The van der Waals surface area contributed by atoms with Crippen LogP contribution < -0.4 is 10.1 Å². The van der Waals surface area contributed by atoms with E-state index in [9.17, 15) is 19.8 Å². The minimum absolute atomic E-state index is 0.0157. The number of hydrogen-bond donors (Lipinski definition) is 4. The molecule has 0 aromatic heterocycles. The number of aromatic hydroxyl groups is 1. The molecule has 1 aromatic carbocycles. The molecule has 1 aromatic rings. The van der Waals surface area contributed by atoms with Crippen molar-refractivity contribution in [2.24, 2.45) is 0 Å². The highest BCUT2D eigenvalue weighted by atomic mass is 16.6. The molecule has 0 saturated heterocycles. The van der Waals surface area contributed by atoms with E-state index in [1.807, 2.05) is 0 Å². The molecule has 0 aliphatic carbocycles. The minimum Gasteiger partial charge on any atom is -0.503 e. The third-order valence-corrected chi connectivity index (χ3v) is 2.71. The molecule has 0 fully saturated rings. The van der Waals surface area contributed by atoms with Crippen LogP contribution in [0.15, 0.2) is 12.1 Å². The first-order valence-corrected chi connectivity index (χ1v) is 6.84. The summed E-state index contributed by atoms with van der Waals surface area (Å²) in [6.07, 6.45) is -2.65. The number of hydrogen-bond acceptors (Lipinski definition) is 6. The van der Waals surface area contributed by atoms with Crippen LogP contribution in [0.25, 0.3) is 0 Å². The number of aliphatic carboxylic acids is 1. The highest BCUT2D eigenvalue weighted by molar-refractivity contribution is 5.88. The lowest BCUT2D eigenvalue weighted by atomic mass is 10.0. The summed E-state index contributed by atoms with van der Waals surface area (Å²) < 4.78 is 10.0. The van der Waals surface area contributed by atoms with Crippen molar-refractivity contribution in [2.45, 2.75) is 38.9 Å². The number of ether oxygens (including phenoxy) is 2. The highest BCUT2D eigenvalue weighted by Gasteiger charge is 2.21. The number of methoxy groups -OCH3 is 1. The van der Waals surface area contributed by atoms with Crippen LogP contribution >= 0.6 is 0 Å². The van der Waals surface area contributed by atoms with E-state index in [0.29, 0.717) is 0 Å². The van der Waals surface area contributed by atoms with Crippen molar-refractivity contribution in [2.75, 3.05) is 12.4 Å². The number of nitrogens with one attached hydrogen (secondary N) is 1. The molecule has 0 saturated carbocycles. The summed E-state index contributed by atoms with van der Waals surface area (Å²) in [5, 5.41) is 31.0. The molecule has 1 amide bonds. The van der Waals surface area contributed by atoms with Crippen LogP contribution in [0.5, 0.6) is 11.5 Å². The summed E-state index contributed by atoms with van der Waals surface area (Å²) in [7, 11) is 1.29. The van der Waals surface area contributed by atoms with E-state index in [-0.39, 0.29) is 22.7 Å². The van der Waals surface area contributed by atoms with Gasteiger partial charge in [-0.2, -0.15) is 0 Å². The van der Waals surface area contributed by atoms with Gasteiger partial charge in [0.1, 0.15) is 5.60 Å². The molecule has 0 spiro atoms. The lowest BCUT2D eigenvalue weighted by molar-refractivity contribution is -0.139. The average Bonchev–Trinajstić information content (AvgIpc) is 2.37. The Morgan fingerprint density at radius 1 is 1.30 bits per heavy atom. The van der Waals surface area contributed by atoms with Gasteiger partial charge in [-0.1, -0.05) is 0 Å². The van der Waals surface area contributed by atoms with Gasteiger partial charge in [0, 0.05) is 0 Å². The SMILES string of the molecule is COc1cc([C@@H](O)CC(=O)O)cc(NC(=O)OC(C)(C)C)c1O. The van der Waals surface area contributed by atoms with E-state index in [0.717, 1.165) is 0 Å². The normalized spacial score (nSPS) is 12.4. The number of carboxylic acid groups (broad SMARTS) is 1. The van der Waals surface area contributed by atoms with Crippen LogP contribution in [-0.2, 0) is 9.53 Å². The smallest absolute Gasteiger partial charge is 0.412 e. The number of carbonyl (C=O) groups is 2. The number of aliphatic hydroxyl groups is 1. The van der Waals surface area contributed by atoms with E-state index in [1.165, 1.54) is 19.2 Å². The molecule has 23 heavy (non-hydrogen) atoms. The van der Waals surface area contributed by atoms with Gasteiger partial charge in [0.2, 0.25) is 0 Å². The number of phenolic OH excluding ortho intramolecular Hbond substituents is 1. The lowest BCUT2D eigenvalue weighted by Gasteiger charge is -2.21. The first-order chi connectivity index (χ1) is 10.5. The van der Waals surface area contributed by atoms with Crippen LogP contribution in [0, 0.1) is 0 Å². The van der Waals surface area contributed by atoms with Crippen LogP contribution in [-0.4, -0.2) is 40.1 Å². The number of rotatable bonds is 5. The Balaban J connectivity index is 3.10. The summed E-state index contributed by atoms with van der Waals surface area (Å²) in [6.45, 7) is 5.04. The van der Waals surface area contributed by atoms with Gasteiger partial charge < -0.3 is 24.8 Å². The predicted molar refractivity (Wildman–Crippen MR) is 81.7 cm³/mol. The number of anilines is 1. The van der Waals surface area contributed by atoms with Crippen molar-refractivity contribution in [1.82, 2.24) is 0 Å². The molecule has 8 heteroatoms. The van der Waals surface area contributed by atoms with Crippen molar-refractivity contribution in [3.63, 3.8) is 0 Å². The van der Waals surface area contributed by atoms with E-state index in [2.05, 4.69) is 5.32 Å². The summed E-state index contributed by atoms with van der Waals surface area (Å²) >= 11 is 0. The molecule has 0 aliphatic heterocycles. The van der Waals surface area contributed by atoms with Gasteiger partial charge in [0.05, 0.1) is 25.3 Å². The first kappa shape index (κ1) is 18.6. The fraction of sp³-hybridized carbons (Fsp3) is 0.467. The monoisotopic (exact) mass is 327 g/mol. The Labute approximate surface area is 133 Å². The second-order valence-electron chi connectivity index (χ2n) is 5.86. The van der Waals surface area contributed by atoms with Crippen molar-refractivity contribution >= 4 is 17.7 Å². The quantitative estimate of drug-likeness (QED) is 0.611. The molecule has 1 rings (SSSR count). The van der Waals surface area contributed by atoms with Crippen LogP contribution in [0.3, 0.4) is 0 Å². The molecule has 1 atom stereocenters. The zero-order chi connectivity index (χ0) is 17.8. The Hall–Kier alpha value is -2.48. The number of aliphatic hydroxyl groups excluding tert-OH is 1. The van der Waals surface area contributed by atoms with Gasteiger partial charge >= 0.3 is 12.1 Å². The minimum atomic E-state index is -1.32. The molecule has 128 valence electrons. The summed E-state index contributed by atoms with van der Waals surface area (Å²) in [6, 6.07) is 2.55. The van der Waals surface area contributed by atoms with Crippen molar-refractivity contribution in [3.05, 3.63) is 17.7 Å². The average molecular weight is 327 g/mol. The number of carbonyl (C=O) groups excluding carboxylic acids is 1. The predicted octanol–water partition coefficient (Wildman–Crippen LogP) is 2.26. The van der Waals surface area contributed by atoms with Gasteiger partial charge in [0.15, 0.2) is 11.5 Å². The summed E-state index contributed by atoms with van der Waals surface area (Å²) in [5.74, 6) is -1.56. The Morgan fingerprint density at radius 3 is 2.39 bits per heavy atom. The molecule has 4 N–H and O–H groups in total. The van der Waals surface area contributed by atoms with Crippen molar-refractivity contribution in [1.29, 1.82) is 0 Å². The molecule has 0 heterocycles. The van der Waals surface area contributed by atoms with E-state index in [4.69, 9.17) is 14.6 Å². The number of phenols is 1. The zero-order valence-electron chi connectivity index (χ0n) is 13.4. The van der Waals surface area contributed by atoms with Crippen LogP contribution in [0.1, 0.15) is 38.9 Å². The maximum atomic E-state index is 11.8. The molecule has 0 radical (unpaired) electrons. The molecular formula is C15H21NO7. The molecule has 0 aliphatic rings. The van der Waals surface area contributed by atoms with Crippen molar-refractivity contribution in [3.8, 4) is 11.5 Å². The van der Waals surface area contributed by atoms with E-state index in [1.54, 1.807) is 20.8 Å². The van der Waals surface area contributed by atoms with E-state index >= 15 is 0 Å². The topological polar surface area (TPSA) is 125 Å². The van der Waals surface area contributed by atoms with Crippen LogP contribution in [0.2, 0.25) is 0 Å². The van der Waals surface area contributed by atoms with Crippen molar-refractivity contribution < 1.29 is 34.4 Å².